The van der Waals surface area contributed by atoms with Gasteiger partial charge in [-0.2, -0.15) is 0 Å². The van der Waals surface area contributed by atoms with E-state index in [2.05, 4.69) is 56.2 Å². The summed E-state index contributed by atoms with van der Waals surface area (Å²) in [6, 6.07) is 16.4. The average molecular weight is 493 g/mol. The molecule has 1 aliphatic heterocycles. The maximum Gasteiger partial charge on any atom is 0.225 e. The first kappa shape index (κ1) is 22.0. The Morgan fingerprint density at radius 3 is 2.71 bits per heavy atom. The molecule has 0 radical (unpaired) electrons. The van der Waals surface area contributed by atoms with Gasteiger partial charge in [-0.15, -0.1) is 24.0 Å². The summed E-state index contributed by atoms with van der Waals surface area (Å²) in [6.07, 6.45) is 0.478. The van der Waals surface area contributed by atoms with Crippen LogP contribution in [0.3, 0.4) is 0 Å². The SMILES string of the molecule is CN=C(NCc1cccc(N(C)C)c1)NCC1CC(=O)Nc2ccccc21.I. The minimum atomic E-state index is 0. The number of carbonyl (C=O) groups excluding carboxylic acids is 1. The van der Waals surface area contributed by atoms with Crippen LogP contribution in [0.4, 0.5) is 11.4 Å². The van der Waals surface area contributed by atoms with Gasteiger partial charge >= 0.3 is 0 Å². The Morgan fingerprint density at radius 2 is 1.96 bits per heavy atom. The lowest BCUT2D eigenvalue weighted by atomic mass is 9.90. The second-order valence-corrected chi connectivity index (χ2v) is 6.91. The number of nitrogens with zero attached hydrogens (tertiary/aromatic N) is 2. The third-order valence-corrected chi connectivity index (χ3v) is 4.73. The molecule has 0 saturated carbocycles. The van der Waals surface area contributed by atoms with Crippen LogP contribution in [0, 0.1) is 0 Å². The summed E-state index contributed by atoms with van der Waals surface area (Å²) in [4.78, 5) is 18.3. The van der Waals surface area contributed by atoms with Gasteiger partial charge in [-0.1, -0.05) is 30.3 Å². The van der Waals surface area contributed by atoms with Gasteiger partial charge in [0.25, 0.3) is 0 Å². The quantitative estimate of drug-likeness (QED) is 0.340. The first-order valence-corrected chi connectivity index (χ1v) is 9.16. The maximum atomic E-state index is 12.0. The molecule has 1 aliphatic rings. The Kier molecular flexibility index (Phi) is 8.10. The van der Waals surface area contributed by atoms with E-state index in [0.717, 1.165) is 11.6 Å². The predicted octanol–water partition coefficient (Wildman–Crippen LogP) is 3.16. The molecule has 6 nitrogen and oxygen atoms in total. The molecule has 7 heteroatoms. The number of halogens is 1. The molecule has 0 bridgehead atoms. The van der Waals surface area contributed by atoms with Crippen molar-refractivity contribution in [3.05, 3.63) is 59.7 Å². The van der Waals surface area contributed by atoms with Crippen molar-refractivity contribution in [2.24, 2.45) is 4.99 Å². The Hall–Kier alpha value is -2.29. The molecule has 0 saturated heterocycles. The highest BCUT2D eigenvalue weighted by atomic mass is 127. The highest BCUT2D eigenvalue weighted by molar-refractivity contribution is 14.0. The van der Waals surface area contributed by atoms with Crippen LogP contribution in [0.5, 0.6) is 0 Å². The summed E-state index contributed by atoms with van der Waals surface area (Å²) in [5.41, 5.74) is 4.43. The summed E-state index contributed by atoms with van der Waals surface area (Å²) in [5, 5.41) is 9.64. The number of hydrogen-bond acceptors (Lipinski definition) is 3. The lowest BCUT2D eigenvalue weighted by Crippen LogP contribution is -2.40. The smallest absolute Gasteiger partial charge is 0.225 e. The van der Waals surface area contributed by atoms with Crippen molar-refractivity contribution in [1.82, 2.24) is 10.6 Å². The average Bonchev–Trinajstić information content (AvgIpc) is 2.68. The van der Waals surface area contributed by atoms with Crippen LogP contribution in [-0.4, -0.2) is 39.6 Å². The monoisotopic (exact) mass is 493 g/mol. The fourth-order valence-corrected chi connectivity index (χ4v) is 3.25. The minimum Gasteiger partial charge on any atom is -0.378 e. The van der Waals surface area contributed by atoms with Gasteiger partial charge in [0.15, 0.2) is 5.96 Å². The number of anilines is 2. The number of guanidine groups is 1. The number of fused-ring (bicyclic) bond motifs is 1. The molecule has 1 atom stereocenters. The molecule has 3 N–H and O–H groups in total. The summed E-state index contributed by atoms with van der Waals surface area (Å²) >= 11 is 0. The Bertz CT molecular complexity index is 837. The van der Waals surface area contributed by atoms with Crippen LogP contribution in [0.2, 0.25) is 0 Å². The van der Waals surface area contributed by atoms with Crippen LogP contribution in [-0.2, 0) is 11.3 Å². The summed E-state index contributed by atoms with van der Waals surface area (Å²) in [7, 11) is 5.82. The standard InChI is InChI=1S/C21H27N5O.HI/c1-22-21(23-13-15-7-6-8-17(11-15)26(2)3)24-14-16-12-20(27)25-19-10-5-4-9-18(16)19;/h4-11,16H,12-14H2,1-3H3,(H,25,27)(H2,22,23,24);1H. The molecule has 2 aromatic carbocycles. The van der Waals surface area contributed by atoms with E-state index < -0.39 is 0 Å². The highest BCUT2D eigenvalue weighted by Crippen LogP contribution is 2.31. The molecule has 0 spiro atoms. The second kappa shape index (κ2) is 10.3. The van der Waals surface area contributed by atoms with Crippen LogP contribution in [0.1, 0.15) is 23.5 Å². The largest absolute Gasteiger partial charge is 0.378 e. The van der Waals surface area contributed by atoms with Crippen LogP contribution in [0.15, 0.2) is 53.5 Å². The number of rotatable bonds is 5. The number of amides is 1. The Balaban J connectivity index is 0.00000280. The molecule has 0 aromatic heterocycles. The van der Waals surface area contributed by atoms with E-state index in [0.29, 0.717) is 19.5 Å². The lowest BCUT2D eigenvalue weighted by Gasteiger charge is -2.26. The number of aliphatic imine (C=N–C) groups is 1. The number of hydrogen-bond donors (Lipinski definition) is 3. The molecule has 3 rings (SSSR count). The highest BCUT2D eigenvalue weighted by Gasteiger charge is 2.24. The number of nitrogens with one attached hydrogen (secondary N) is 3. The molecule has 28 heavy (non-hydrogen) atoms. The number of carbonyl (C=O) groups is 1. The van der Waals surface area contributed by atoms with Gasteiger partial charge in [0.2, 0.25) is 5.91 Å². The second-order valence-electron chi connectivity index (χ2n) is 6.91. The minimum absolute atomic E-state index is 0. The third-order valence-electron chi connectivity index (χ3n) is 4.73. The fraction of sp³-hybridized carbons (Fsp3) is 0.333. The lowest BCUT2D eigenvalue weighted by molar-refractivity contribution is -0.116. The summed E-state index contributed by atoms with van der Waals surface area (Å²) < 4.78 is 0. The molecule has 2 aromatic rings. The van der Waals surface area contributed by atoms with E-state index in [1.165, 1.54) is 16.8 Å². The maximum absolute atomic E-state index is 12.0. The third kappa shape index (κ3) is 5.60. The molecule has 150 valence electrons. The van der Waals surface area contributed by atoms with Crippen molar-refractivity contribution in [1.29, 1.82) is 0 Å². The van der Waals surface area contributed by atoms with Gasteiger partial charge in [-0.25, -0.2) is 0 Å². The molecule has 0 aliphatic carbocycles. The molecule has 1 heterocycles. The zero-order valence-corrected chi connectivity index (χ0v) is 18.9. The van der Waals surface area contributed by atoms with E-state index in [-0.39, 0.29) is 35.8 Å². The molecule has 0 fully saturated rings. The van der Waals surface area contributed by atoms with Gasteiger partial charge in [0, 0.05) is 57.9 Å². The van der Waals surface area contributed by atoms with Gasteiger partial charge in [0.1, 0.15) is 0 Å². The van der Waals surface area contributed by atoms with E-state index >= 15 is 0 Å². The van der Waals surface area contributed by atoms with Crippen LogP contribution >= 0.6 is 24.0 Å². The molecular weight excluding hydrogens is 465 g/mol. The van der Waals surface area contributed by atoms with Crippen molar-refractivity contribution < 1.29 is 4.79 Å². The van der Waals surface area contributed by atoms with E-state index in [4.69, 9.17) is 0 Å². The van der Waals surface area contributed by atoms with E-state index in [1.807, 2.05) is 32.3 Å². The van der Waals surface area contributed by atoms with Crippen LogP contribution in [0.25, 0.3) is 0 Å². The summed E-state index contributed by atoms with van der Waals surface area (Å²) in [6.45, 7) is 1.34. The van der Waals surface area contributed by atoms with Crippen molar-refractivity contribution in [2.75, 3.05) is 37.9 Å². The van der Waals surface area contributed by atoms with Gasteiger partial charge in [-0.05, 0) is 29.3 Å². The topological polar surface area (TPSA) is 68.8 Å². The number of para-hydroxylation sites is 1. The summed E-state index contributed by atoms with van der Waals surface area (Å²) in [5.74, 6) is 0.920. The number of benzene rings is 2. The zero-order valence-electron chi connectivity index (χ0n) is 16.5. The molecule has 1 amide bonds. The Labute approximate surface area is 183 Å². The molecular formula is C21H28IN5O. The van der Waals surface area contributed by atoms with Crippen molar-refractivity contribution >= 4 is 47.2 Å². The first-order valence-electron chi connectivity index (χ1n) is 9.16. The predicted molar refractivity (Wildman–Crippen MR) is 127 cm³/mol. The van der Waals surface area contributed by atoms with Crippen molar-refractivity contribution in [3.63, 3.8) is 0 Å². The van der Waals surface area contributed by atoms with Crippen molar-refractivity contribution in [2.45, 2.75) is 18.9 Å². The molecule has 1 unspecified atom stereocenters. The van der Waals surface area contributed by atoms with Gasteiger partial charge in [-0.3, -0.25) is 9.79 Å². The van der Waals surface area contributed by atoms with E-state index in [1.54, 1.807) is 7.05 Å². The van der Waals surface area contributed by atoms with Gasteiger partial charge < -0.3 is 20.9 Å². The fourth-order valence-electron chi connectivity index (χ4n) is 3.25. The Morgan fingerprint density at radius 1 is 1.18 bits per heavy atom. The first-order chi connectivity index (χ1) is 13.1. The van der Waals surface area contributed by atoms with E-state index in [9.17, 15) is 4.79 Å². The zero-order chi connectivity index (χ0) is 19.2. The van der Waals surface area contributed by atoms with Crippen molar-refractivity contribution in [3.8, 4) is 0 Å². The normalized spacial score (nSPS) is 15.8. The van der Waals surface area contributed by atoms with Crippen LogP contribution < -0.4 is 20.9 Å². The van der Waals surface area contributed by atoms with Gasteiger partial charge in [0.05, 0.1) is 0 Å².